The van der Waals surface area contributed by atoms with Crippen LogP contribution in [0.5, 0.6) is 5.75 Å². The number of aromatic hydroxyl groups is 1. The van der Waals surface area contributed by atoms with E-state index in [0.717, 1.165) is 0 Å². The van der Waals surface area contributed by atoms with Crippen LogP contribution in [-0.4, -0.2) is 22.0 Å². The van der Waals surface area contributed by atoms with Crippen LogP contribution in [0.4, 0.5) is 10.5 Å². The van der Waals surface area contributed by atoms with Crippen LogP contribution in [0.2, 0.25) is 5.02 Å². The molecule has 0 aliphatic heterocycles. The SMILES string of the molecule is NC(=O)NC(=S)c1ccc(-c2ccccc2NC(=O)c2ccco2)c(Cl)c1O. The number of benzene rings is 2. The summed E-state index contributed by atoms with van der Waals surface area (Å²) in [7, 11) is 0. The molecule has 5 N–H and O–H groups in total. The van der Waals surface area contributed by atoms with E-state index in [1.165, 1.54) is 18.4 Å². The van der Waals surface area contributed by atoms with Crippen LogP contribution >= 0.6 is 23.8 Å². The van der Waals surface area contributed by atoms with Gasteiger partial charge in [-0.15, -0.1) is 0 Å². The summed E-state index contributed by atoms with van der Waals surface area (Å²) in [6, 6.07) is 12.3. The molecule has 2 aromatic carbocycles. The Kier molecular flexibility index (Phi) is 5.62. The number of primary amides is 1. The van der Waals surface area contributed by atoms with E-state index in [9.17, 15) is 14.7 Å². The highest BCUT2D eigenvalue weighted by atomic mass is 35.5. The van der Waals surface area contributed by atoms with Gasteiger partial charge in [0.05, 0.1) is 16.8 Å². The van der Waals surface area contributed by atoms with Gasteiger partial charge in [-0.1, -0.05) is 48.1 Å². The topological polar surface area (TPSA) is 118 Å². The molecule has 0 aliphatic carbocycles. The number of hydrogen-bond donors (Lipinski definition) is 4. The quantitative estimate of drug-likeness (QED) is 0.482. The number of hydrogen-bond acceptors (Lipinski definition) is 5. The summed E-state index contributed by atoms with van der Waals surface area (Å²) in [6.07, 6.45) is 1.40. The van der Waals surface area contributed by atoms with Crippen molar-refractivity contribution in [1.29, 1.82) is 0 Å². The summed E-state index contributed by atoms with van der Waals surface area (Å²) in [6.45, 7) is 0. The molecule has 1 heterocycles. The van der Waals surface area contributed by atoms with Gasteiger partial charge in [-0.05, 0) is 24.3 Å². The molecule has 3 aromatic rings. The molecular formula is C19H14ClN3O4S. The Morgan fingerprint density at radius 2 is 1.82 bits per heavy atom. The van der Waals surface area contributed by atoms with Gasteiger partial charge in [0, 0.05) is 16.8 Å². The molecule has 0 radical (unpaired) electrons. The fourth-order valence-electron chi connectivity index (χ4n) is 2.55. The first-order valence-electron chi connectivity index (χ1n) is 7.95. The van der Waals surface area contributed by atoms with Crippen LogP contribution in [0.15, 0.2) is 59.2 Å². The molecule has 1 aromatic heterocycles. The van der Waals surface area contributed by atoms with E-state index in [1.54, 1.807) is 36.4 Å². The lowest BCUT2D eigenvalue weighted by Gasteiger charge is -2.15. The molecule has 0 spiro atoms. The number of halogens is 1. The number of phenolic OH excluding ortho intramolecular Hbond substituents is 1. The Labute approximate surface area is 170 Å². The number of phenols is 1. The molecule has 0 atom stereocenters. The van der Waals surface area contributed by atoms with Gasteiger partial charge in [0.1, 0.15) is 10.7 Å². The molecule has 3 rings (SSSR count). The predicted molar refractivity (Wildman–Crippen MR) is 110 cm³/mol. The molecule has 28 heavy (non-hydrogen) atoms. The zero-order valence-electron chi connectivity index (χ0n) is 14.2. The molecular weight excluding hydrogens is 402 g/mol. The van der Waals surface area contributed by atoms with Gasteiger partial charge in [-0.2, -0.15) is 0 Å². The zero-order valence-corrected chi connectivity index (χ0v) is 15.8. The van der Waals surface area contributed by atoms with Gasteiger partial charge >= 0.3 is 6.03 Å². The second-order valence-electron chi connectivity index (χ2n) is 5.62. The summed E-state index contributed by atoms with van der Waals surface area (Å²) >= 11 is 11.4. The van der Waals surface area contributed by atoms with E-state index in [-0.39, 0.29) is 27.1 Å². The van der Waals surface area contributed by atoms with Gasteiger partial charge in [-0.3, -0.25) is 10.1 Å². The van der Waals surface area contributed by atoms with Crippen molar-refractivity contribution in [3.05, 3.63) is 71.1 Å². The van der Waals surface area contributed by atoms with E-state index >= 15 is 0 Å². The van der Waals surface area contributed by atoms with Crippen molar-refractivity contribution in [2.75, 3.05) is 5.32 Å². The van der Waals surface area contributed by atoms with E-state index in [0.29, 0.717) is 16.8 Å². The molecule has 0 aliphatic rings. The van der Waals surface area contributed by atoms with Crippen molar-refractivity contribution in [1.82, 2.24) is 5.32 Å². The summed E-state index contributed by atoms with van der Waals surface area (Å²) in [5, 5.41) is 15.4. The maximum Gasteiger partial charge on any atom is 0.317 e. The van der Waals surface area contributed by atoms with Crippen molar-refractivity contribution < 1.29 is 19.1 Å². The second kappa shape index (κ2) is 8.12. The summed E-state index contributed by atoms with van der Waals surface area (Å²) in [5.41, 5.74) is 6.70. The number of urea groups is 1. The first-order valence-corrected chi connectivity index (χ1v) is 8.73. The van der Waals surface area contributed by atoms with E-state index in [4.69, 9.17) is 34.0 Å². The number of nitrogens with two attached hydrogens (primary N) is 1. The maximum absolute atomic E-state index is 12.3. The first kappa shape index (κ1) is 19.4. The highest BCUT2D eigenvalue weighted by Gasteiger charge is 2.19. The van der Waals surface area contributed by atoms with Crippen LogP contribution in [0.3, 0.4) is 0 Å². The van der Waals surface area contributed by atoms with Crippen molar-refractivity contribution >= 4 is 46.4 Å². The summed E-state index contributed by atoms with van der Waals surface area (Å²) in [4.78, 5) is 23.2. The minimum absolute atomic E-state index is 0.00539. The number of nitrogens with one attached hydrogen (secondary N) is 2. The highest BCUT2D eigenvalue weighted by molar-refractivity contribution is 7.80. The lowest BCUT2D eigenvalue weighted by atomic mass is 10.0. The average molecular weight is 416 g/mol. The van der Waals surface area contributed by atoms with Crippen LogP contribution < -0.4 is 16.4 Å². The van der Waals surface area contributed by atoms with Crippen molar-refractivity contribution in [3.63, 3.8) is 0 Å². The van der Waals surface area contributed by atoms with E-state index in [1.807, 2.05) is 0 Å². The smallest absolute Gasteiger partial charge is 0.317 e. The number of rotatable bonds is 4. The number of thiocarbonyl (C=S) groups is 1. The number of para-hydroxylation sites is 1. The average Bonchev–Trinajstić information content (AvgIpc) is 3.19. The third-order valence-corrected chi connectivity index (χ3v) is 4.51. The standard InChI is InChI=1S/C19H14ClN3O4S/c20-15-11(7-8-12(16(15)24)18(28)23-19(21)26)10-4-1-2-5-13(10)22-17(25)14-6-3-9-27-14/h1-9,24H,(H,22,25)(H3,21,23,26,28). The van der Waals surface area contributed by atoms with Gasteiger partial charge in [0.15, 0.2) is 5.76 Å². The highest BCUT2D eigenvalue weighted by Crippen LogP contribution is 2.40. The number of furan rings is 1. The van der Waals surface area contributed by atoms with E-state index in [2.05, 4.69) is 10.6 Å². The van der Waals surface area contributed by atoms with Crippen LogP contribution in [0.25, 0.3) is 11.1 Å². The van der Waals surface area contributed by atoms with Crippen LogP contribution in [0, 0.1) is 0 Å². The molecule has 0 unspecified atom stereocenters. The van der Waals surface area contributed by atoms with Gasteiger partial charge in [0.25, 0.3) is 5.91 Å². The van der Waals surface area contributed by atoms with E-state index < -0.39 is 11.9 Å². The lowest BCUT2D eigenvalue weighted by Crippen LogP contribution is -2.34. The Balaban J connectivity index is 1.98. The van der Waals surface area contributed by atoms with Gasteiger partial charge < -0.3 is 20.6 Å². The number of carbonyl (C=O) groups excluding carboxylic acids is 2. The molecule has 0 saturated carbocycles. The Bertz CT molecular complexity index is 1070. The van der Waals surface area contributed by atoms with Crippen LogP contribution in [0.1, 0.15) is 16.1 Å². The fraction of sp³-hybridized carbons (Fsp3) is 0. The van der Waals surface area contributed by atoms with Gasteiger partial charge in [0.2, 0.25) is 0 Å². The minimum atomic E-state index is -0.851. The normalized spacial score (nSPS) is 10.3. The predicted octanol–water partition coefficient (Wildman–Crippen LogP) is 3.90. The Hall–Kier alpha value is -3.36. The summed E-state index contributed by atoms with van der Waals surface area (Å²) in [5.74, 6) is -0.590. The maximum atomic E-state index is 12.3. The Morgan fingerprint density at radius 1 is 1.07 bits per heavy atom. The third-order valence-electron chi connectivity index (χ3n) is 3.81. The third kappa shape index (κ3) is 3.98. The molecule has 0 bridgehead atoms. The van der Waals surface area contributed by atoms with Gasteiger partial charge in [-0.25, -0.2) is 4.79 Å². The molecule has 0 saturated heterocycles. The lowest BCUT2D eigenvalue weighted by molar-refractivity contribution is 0.0996. The molecule has 0 fully saturated rings. The largest absolute Gasteiger partial charge is 0.506 e. The molecule has 142 valence electrons. The second-order valence-corrected chi connectivity index (χ2v) is 6.40. The monoisotopic (exact) mass is 415 g/mol. The molecule has 9 heteroatoms. The molecule has 7 nitrogen and oxygen atoms in total. The first-order chi connectivity index (χ1) is 13.4. The fourth-order valence-corrected chi connectivity index (χ4v) is 3.09. The number of anilines is 1. The van der Waals surface area contributed by atoms with Crippen molar-refractivity contribution in [2.45, 2.75) is 0 Å². The van der Waals surface area contributed by atoms with Crippen molar-refractivity contribution in [2.24, 2.45) is 5.73 Å². The Morgan fingerprint density at radius 3 is 2.50 bits per heavy atom. The summed E-state index contributed by atoms with van der Waals surface area (Å²) < 4.78 is 5.09. The van der Waals surface area contributed by atoms with Crippen molar-refractivity contribution in [3.8, 4) is 16.9 Å². The number of carbonyl (C=O) groups is 2. The molecule has 3 amide bonds. The number of amides is 3. The minimum Gasteiger partial charge on any atom is -0.506 e. The zero-order chi connectivity index (χ0) is 20.3. The van der Waals surface area contributed by atoms with Crippen LogP contribution in [-0.2, 0) is 0 Å².